The number of nitrogens with one attached hydrogen (secondary N) is 1. The molecule has 1 aromatic heterocycles. The highest BCUT2D eigenvalue weighted by Gasteiger charge is 2.22. The number of aryl methyl sites for hydroxylation is 3. The number of hydrogen-bond acceptors (Lipinski definition) is 6. The Labute approximate surface area is 245 Å². The van der Waals surface area contributed by atoms with E-state index in [2.05, 4.69) is 17.2 Å². The average molecular weight is 569 g/mol. The summed E-state index contributed by atoms with van der Waals surface area (Å²) in [4.78, 5) is 44.5. The van der Waals surface area contributed by atoms with Gasteiger partial charge in [-0.1, -0.05) is 79.3 Å². The summed E-state index contributed by atoms with van der Waals surface area (Å²) in [5.74, 6) is 0.188. The van der Waals surface area contributed by atoms with Crippen molar-refractivity contribution in [2.45, 2.75) is 59.8 Å². The lowest BCUT2D eigenvalue weighted by Crippen LogP contribution is -2.14. The maximum atomic E-state index is 13.6. The van der Waals surface area contributed by atoms with Gasteiger partial charge in [0.25, 0.3) is 0 Å². The molecule has 0 saturated carbocycles. The Kier molecular flexibility index (Phi) is 10.2. The molecule has 0 bridgehead atoms. The van der Waals surface area contributed by atoms with Gasteiger partial charge in [0.15, 0.2) is 10.9 Å². The first-order chi connectivity index (χ1) is 19.8. The van der Waals surface area contributed by atoms with Crippen LogP contribution in [0.3, 0.4) is 0 Å². The van der Waals surface area contributed by atoms with Gasteiger partial charge in [-0.2, -0.15) is 0 Å². The highest BCUT2D eigenvalue weighted by Crippen LogP contribution is 2.33. The van der Waals surface area contributed by atoms with Crippen LogP contribution in [0.15, 0.2) is 66.7 Å². The zero-order valence-electron chi connectivity index (χ0n) is 24.1. The molecule has 0 fully saturated rings. The van der Waals surface area contributed by atoms with Crippen molar-refractivity contribution < 1.29 is 19.1 Å². The van der Waals surface area contributed by atoms with E-state index in [4.69, 9.17) is 4.74 Å². The van der Waals surface area contributed by atoms with Gasteiger partial charge in [0.2, 0.25) is 11.7 Å². The second-order valence-electron chi connectivity index (χ2n) is 10.0. The molecular formula is C34H36N2O4S. The molecule has 1 amide bonds. The first-order valence-corrected chi connectivity index (χ1v) is 14.9. The number of unbranched alkanes of at least 4 members (excludes halogenated alkanes) is 1. The maximum Gasteiger partial charge on any atom is 0.226 e. The van der Waals surface area contributed by atoms with Crippen LogP contribution in [0.4, 0.5) is 5.13 Å². The molecule has 0 aliphatic heterocycles. The smallest absolute Gasteiger partial charge is 0.226 e. The molecule has 3 aromatic carbocycles. The number of Topliss-reactive ketones (excluding diaryl/α,β-unsaturated/α-hetero) is 1. The summed E-state index contributed by atoms with van der Waals surface area (Å²) in [6.45, 7) is 8.40. The normalized spacial score (nSPS) is 10.8. The van der Waals surface area contributed by atoms with Crippen molar-refractivity contribution in [2.75, 3.05) is 11.9 Å². The highest BCUT2D eigenvalue weighted by atomic mass is 32.1. The van der Waals surface area contributed by atoms with Gasteiger partial charge in [-0.25, -0.2) is 4.98 Å². The Morgan fingerprint density at radius 2 is 1.63 bits per heavy atom. The van der Waals surface area contributed by atoms with E-state index >= 15 is 0 Å². The highest BCUT2D eigenvalue weighted by molar-refractivity contribution is 7.18. The van der Waals surface area contributed by atoms with Gasteiger partial charge >= 0.3 is 0 Å². The molecule has 212 valence electrons. The van der Waals surface area contributed by atoms with E-state index in [0.717, 1.165) is 53.0 Å². The molecule has 41 heavy (non-hydrogen) atoms. The van der Waals surface area contributed by atoms with Crippen LogP contribution in [0.25, 0.3) is 11.3 Å². The number of nitrogens with zero attached hydrogens (tertiary/aromatic N) is 1. The van der Waals surface area contributed by atoms with Crippen molar-refractivity contribution in [3.05, 3.63) is 99.4 Å². The largest absolute Gasteiger partial charge is 0.494 e. The summed E-state index contributed by atoms with van der Waals surface area (Å²) < 4.78 is 5.62. The number of anilines is 1. The summed E-state index contributed by atoms with van der Waals surface area (Å²) in [7, 11) is 0. The fourth-order valence-corrected chi connectivity index (χ4v) is 5.56. The fourth-order valence-electron chi connectivity index (χ4n) is 4.60. The molecule has 1 N–H and O–H groups in total. The minimum absolute atomic E-state index is 0.00723. The van der Waals surface area contributed by atoms with Crippen LogP contribution in [0.5, 0.6) is 5.75 Å². The third-order valence-electron chi connectivity index (χ3n) is 6.86. The summed E-state index contributed by atoms with van der Waals surface area (Å²) in [5, 5.41) is 3.14. The predicted octanol–water partition coefficient (Wildman–Crippen LogP) is 8.00. The molecule has 1 heterocycles. The zero-order chi connectivity index (χ0) is 29.4. The van der Waals surface area contributed by atoms with E-state index in [-0.39, 0.29) is 30.3 Å². The fraction of sp³-hybridized carbons (Fsp3) is 0.294. The van der Waals surface area contributed by atoms with E-state index in [0.29, 0.717) is 33.4 Å². The van der Waals surface area contributed by atoms with Gasteiger partial charge in [0.05, 0.1) is 12.3 Å². The number of amides is 1. The first-order valence-electron chi connectivity index (χ1n) is 14.1. The number of carbonyl (C=O) groups excluding carboxylic acids is 3. The first kappa shape index (κ1) is 29.9. The van der Waals surface area contributed by atoms with E-state index in [1.165, 1.54) is 5.56 Å². The van der Waals surface area contributed by atoms with E-state index in [1.807, 2.05) is 87.5 Å². The predicted molar refractivity (Wildman–Crippen MR) is 165 cm³/mol. The SMILES string of the molecule is CCCCc1ccc(C(=O)c2sc(NC(=O)CCC(=O)c3cc(C)c(OCC)cc3C)nc2-c2ccccc2)cc1. The molecule has 6 nitrogen and oxygen atoms in total. The molecule has 0 aliphatic rings. The number of hydrogen-bond donors (Lipinski definition) is 1. The van der Waals surface area contributed by atoms with Crippen LogP contribution >= 0.6 is 11.3 Å². The topological polar surface area (TPSA) is 85.4 Å². The molecular weight excluding hydrogens is 532 g/mol. The minimum atomic E-state index is -0.328. The van der Waals surface area contributed by atoms with Gasteiger partial charge in [-0.15, -0.1) is 0 Å². The van der Waals surface area contributed by atoms with Gasteiger partial charge in [-0.05, 0) is 62.4 Å². The number of aromatic nitrogens is 1. The molecule has 0 aliphatic carbocycles. The summed E-state index contributed by atoms with van der Waals surface area (Å²) >= 11 is 1.15. The van der Waals surface area contributed by atoms with Gasteiger partial charge in [0.1, 0.15) is 10.6 Å². The maximum absolute atomic E-state index is 13.6. The Balaban J connectivity index is 1.49. The van der Waals surface area contributed by atoms with Crippen molar-refractivity contribution in [1.82, 2.24) is 4.98 Å². The zero-order valence-corrected chi connectivity index (χ0v) is 24.9. The van der Waals surface area contributed by atoms with Crippen molar-refractivity contribution in [1.29, 1.82) is 0 Å². The Morgan fingerprint density at radius 3 is 2.32 bits per heavy atom. The van der Waals surface area contributed by atoms with Crippen molar-refractivity contribution in [3.63, 3.8) is 0 Å². The minimum Gasteiger partial charge on any atom is -0.494 e. The number of ether oxygens (including phenoxy) is 1. The molecule has 0 atom stereocenters. The quantitative estimate of drug-likeness (QED) is 0.165. The molecule has 7 heteroatoms. The Morgan fingerprint density at radius 1 is 0.902 bits per heavy atom. The van der Waals surface area contributed by atoms with Crippen LogP contribution < -0.4 is 10.1 Å². The lowest BCUT2D eigenvalue weighted by atomic mass is 9.98. The monoisotopic (exact) mass is 568 g/mol. The standard InChI is InChI=1S/C34H36N2O4S/c1-5-7-11-24-14-16-26(17-15-24)32(39)33-31(25-12-9-8-10-13-25)36-34(41-33)35-30(38)19-18-28(37)27-20-23(4)29(40-6-2)21-22(27)3/h8-10,12-17,20-21H,5-7,11,18-19H2,1-4H3,(H,35,36,38). The van der Waals surface area contributed by atoms with Crippen LogP contribution in [0.1, 0.15) is 81.8 Å². The lowest BCUT2D eigenvalue weighted by Gasteiger charge is -2.12. The molecule has 0 saturated heterocycles. The lowest BCUT2D eigenvalue weighted by molar-refractivity contribution is -0.116. The Bertz CT molecular complexity index is 1520. The summed E-state index contributed by atoms with van der Waals surface area (Å²) in [6, 6.07) is 20.9. The van der Waals surface area contributed by atoms with Crippen molar-refractivity contribution in [3.8, 4) is 17.0 Å². The van der Waals surface area contributed by atoms with E-state index in [1.54, 1.807) is 0 Å². The number of thiazole rings is 1. The molecule has 0 unspecified atom stereocenters. The summed E-state index contributed by atoms with van der Waals surface area (Å²) in [6.07, 6.45) is 3.28. The van der Waals surface area contributed by atoms with Crippen molar-refractivity contribution >= 4 is 33.9 Å². The van der Waals surface area contributed by atoms with Crippen LogP contribution in [-0.4, -0.2) is 29.1 Å². The third kappa shape index (κ3) is 7.55. The number of carbonyl (C=O) groups is 3. The molecule has 4 rings (SSSR count). The number of benzene rings is 3. The van der Waals surface area contributed by atoms with E-state index in [9.17, 15) is 14.4 Å². The van der Waals surface area contributed by atoms with Gasteiger partial charge in [0, 0.05) is 29.5 Å². The van der Waals surface area contributed by atoms with Crippen molar-refractivity contribution in [2.24, 2.45) is 0 Å². The second-order valence-corrected chi connectivity index (χ2v) is 11.0. The van der Waals surface area contributed by atoms with Gasteiger partial charge in [-0.3, -0.25) is 14.4 Å². The molecule has 0 radical (unpaired) electrons. The number of ketones is 2. The van der Waals surface area contributed by atoms with Crippen LogP contribution in [-0.2, 0) is 11.2 Å². The van der Waals surface area contributed by atoms with Crippen LogP contribution in [0, 0.1) is 13.8 Å². The third-order valence-corrected chi connectivity index (χ3v) is 7.83. The summed E-state index contributed by atoms with van der Waals surface area (Å²) in [5.41, 5.74) is 5.40. The second kappa shape index (κ2) is 14.0. The molecule has 4 aromatic rings. The average Bonchev–Trinajstić information content (AvgIpc) is 3.40. The van der Waals surface area contributed by atoms with Crippen LogP contribution in [0.2, 0.25) is 0 Å². The van der Waals surface area contributed by atoms with E-state index < -0.39 is 0 Å². The molecule has 0 spiro atoms. The number of rotatable bonds is 13. The Hall–Kier alpha value is -4.10. The van der Waals surface area contributed by atoms with Gasteiger partial charge < -0.3 is 10.1 Å².